The number of fused-ring (bicyclic) bond motifs is 1. The van der Waals surface area contributed by atoms with Crippen molar-refractivity contribution >= 4 is 27.2 Å². The molecule has 0 bridgehead atoms. The third-order valence-corrected chi connectivity index (χ3v) is 2.77. The van der Waals surface area contributed by atoms with Crippen LogP contribution in [0.2, 0.25) is 0 Å². The average molecular weight is 249 g/mol. The van der Waals surface area contributed by atoms with E-state index in [9.17, 15) is 0 Å². The number of hydrogen-bond donors (Lipinski definition) is 1. The van der Waals surface area contributed by atoms with Gasteiger partial charge in [0.05, 0.1) is 6.07 Å². The van der Waals surface area contributed by atoms with Crippen LogP contribution in [0.1, 0.15) is 12.0 Å². The molecule has 1 aromatic rings. The van der Waals surface area contributed by atoms with Gasteiger partial charge in [0.15, 0.2) is 0 Å². The van der Waals surface area contributed by atoms with Gasteiger partial charge in [-0.25, -0.2) is 0 Å². The second-order valence-electron chi connectivity index (χ2n) is 3.17. The Morgan fingerprint density at radius 2 is 2.36 bits per heavy atom. The minimum atomic E-state index is 0.905. The molecule has 0 saturated heterocycles. The van der Waals surface area contributed by atoms with Crippen LogP contribution in [0.4, 0.5) is 5.69 Å². The highest BCUT2D eigenvalue weighted by molar-refractivity contribution is 9.10. The van der Waals surface area contributed by atoms with E-state index in [2.05, 4.69) is 27.3 Å². The Hall–Kier alpha value is -1.27. The van der Waals surface area contributed by atoms with Gasteiger partial charge in [0, 0.05) is 28.3 Å². The van der Waals surface area contributed by atoms with Crippen molar-refractivity contribution in [1.29, 1.82) is 5.26 Å². The topological polar surface area (TPSA) is 35.8 Å². The first-order valence-electron chi connectivity index (χ1n) is 4.44. The number of nitriles is 1. The van der Waals surface area contributed by atoms with Gasteiger partial charge in [-0.05, 0) is 30.2 Å². The summed E-state index contributed by atoms with van der Waals surface area (Å²) in [4.78, 5) is 0. The van der Waals surface area contributed by atoms with Crippen LogP contribution >= 0.6 is 15.9 Å². The highest BCUT2D eigenvalue weighted by Crippen LogP contribution is 2.32. The molecule has 70 valence electrons. The van der Waals surface area contributed by atoms with E-state index in [1.165, 1.54) is 0 Å². The highest BCUT2D eigenvalue weighted by atomic mass is 79.9. The molecule has 0 aromatic heterocycles. The fraction of sp³-hybridized carbons (Fsp3) is 0.182. The smallest absolute Gasteiger partial charge is 0.0915 e. The maximum absolute atomic E-state index is 8.65. The lowest BCUT2D eigenvalue weighted by atomic mass is 9.97. The molecule has 1 N–H and O–H groups in total. The Balaban J connectivity index is 2.53. The average Bonchev–Trinajstić information content (AvgIpc) is 2.19. The van der Waals surface area contributed by atoms with Crippen LogP contribution in [0.3, 0.4) is 0 Å². The Kier molecular flexibility index (Phi) is 2.55. The van der Waals surface area contributed by atoms with Gasteiger partial charge in [0.1, 0.15) is 0 Å². The number of rotatable bonds is 0. The summed E-state index contributed by atoms with van der Waals surface area (Å²) < 4.78 is 1.05. The number of anilines is 1. The largest absolute Gasteiger partial charge is 0.384 e. The molecule has 0 atom stereocenters. The van der Waals surface area contributed by atoms with Crippen LogP contribution < -0.4 is 5.32 Å². The number of allylic oxidation sites excluding steroid dienone is 1. The monoisotopic (exact) mass is 248 g/mol. The minimum absolute atomic E-state index is 0.905. The summed E-state index contributed by atoms with van der Waals surface area (Å²) in [6.07, 6.45) is 2.54. The van der Waals surface area contributed by atoms with Crippen LogP contribution in [0.25, 0.3) is 5.57 Å². The molecule has 0 aliphatic carbocycles. The Morgan fingerprint density at radius 3 is 3.14 bits per heavy atom. The van der Waals surface area contributed by atoms with Crippen molar-refractivity contribution in [3.05, 3.63) is 34.3 Å². The molecule has 2 rings (SSSR count). The van der Waals surface area contributed by atoms with Crippen LogP contribution in [0.15, 0.2) is 28.7 Å². The molecule has 3 heteroatoms. The van der Waals surface area contributed by atoms with E-state index in [4.69, 9.17) is 5.26 Å². The van der Waals surface area contributed by atoms with E-state index in [1.54, 1.807) is 6.08 Å². The number of nitrogens with zero attached hydrogens (tertiary/aromatic N) is 1. The van der Waals surface area contributed by atoms with Gasteiger partial charge in [-0.1, -0.05) is 15.9 Å². The maximum Gasteiger partial charge on any atom is 0.0915 e. The zero-order valence-electron chi connectivity index (χ0n) is 7.55. The molecular formula is C11H9BrN2. The lowest BCUT2D eigenvalue weighted by molar-refractivity contribution is 1.05. The van der Waals surface area contributed by atoms with Crippen LogP contribution in [0, 0.1) is 11.3 Å². The Bertz CT molecular complexity index is 429. The van der Waals surface area contributed by atoms with Crippen molar-refractivity contribution in [1.82, 2.24) is 0 Å². The zero-order chi connectivity index (χ0) is 9.97. The second-order valence-corrected chi connectivity index (χ2v) is 4.08. The molecule has 1 heterocycles. The van der Waals surface area contributed by atoms with Gasteiger partial charge in [-0.2, -0.15) is 5.26 Å². The number of halogens is 1. The quantitative estimate of drug-likeness (QED) is 0.717. The summed E-state index contributed by atoms with van der Waals surface area (Å²) in [6.45, 7) is 0.905. The molecular weight excluding hydrogens is 240 g/mol. The molecule has 0 spiro atoms. The summed E-state index contributed by atoms with van der Waals surface area (Å²) in [5.41, 5.74) is 3.36. The van der Waals surface area contributed by atoms with Crippen molar-refractivity contribution in [2.75, 3.05) is 11.9 Å². The molecule has 0 amide bonds. The minimum Gasteiger partial charge on any atom is -0.384 e. The van der Waals surface area contributed by atoms with Crippen LogP contribution in [-0.2, 0) is 0 Å². The summed E-state index contributed by atoms with van der Waals surface area (Å²) in [5.74, 6) is 0. The van der Waals surface area contributed by atoms with Crippen molar-refractivity contribution in [3.63, 3.8) is 0 Å². The van der Waals surface area contributed by atoms with E-state index in [0.29, 0.717) is 0 Å². The fourth-order valence-electron chi connectivity index (χ4n) is 1.63. The van der Waals surface area contributed by atoms with Gasteiger partial charge in [0.25, 0.3) is 0 Å². The van der Waals surface area contributed by atoms with E-state index >= 15 is 0 Å². The van der Waals surface area contributed by atoms with Gasteiger partial charge < -0.3 is 5.32 Å². The van der Waals surface area contributed by atoms with E-state index in [1.807, 2.05) is 18.2 Å². The lowest BCUT2D eigenvalue weighted by Crippen LogP contribution is -2.10. The standard InChI is InChI=1S/C11H9BrN2/c12-9-1-2-11-10(7-9)8(3-5-13)4-6-14-11/h1-3,7,14H,4,6H2. The second kappa shape index (κ2) is 3.85. The van der Waals surface area contributed by atoms with Crippen molar-refractivity contribution < 1.29 is 0 Å². The summed E-state index contributed by atoms with van der Waals surface area (Å²) in [5, 5.41) is 12.0. The van der Waals surface area contributed by atoms with Crippen LogP contribution in [0.5, 0.6) is 0 Å². The molecule has 0 saturated carbocycles. The SMILES string of the molecule is N#CC=C1CCNc2ccc(Br)cc21. The van der Waals surface area contributed by atoms with Crippen LogP contribution in [-0.4, -0.2) is 6.54 Å². The molecule has 1 aliphatic heterocycles. The molecule has 14 heavy (non-hydrogen) atoms. The van der Waals surface area contributed by atoms with Crippen molar-refractivity contribution in [2.24, 2.45) is 0 Å². The first-order chi connectivity index (χ1) is 6.81. The third-order valence-electron chi connectivity index (χ3n) is 2.28. The predicted molar refractivity (Wildman–Crippen MR) is 60.8 cm³/mol. The fourth-order valence-corrected chi connectivity index (χ4v) is 1.99. The number of hydrogen-bond acceptors (Lipinski definition) is 2. The van der Waals surface area contributed by atoms with Crippen molar-refractivity contribution in [2.45, 2.75) is 6.42 Å². The van der Waals surface area contributed by atoms with Gasteiger partial charge in [-0.15, -0.1) is 0 Å². The van der Waals surface area contributed by atoms with Gasteiger partial charge in [-0.3, -0.25) is 0 Å². The molecule has 0 radical (unpaired) electrons. The Labute approximate surface area is 91.4 Å². The summed E-state index contributed by atoms with van der Waals surface area (Å²) in [6, 6.07) is 8.17. The molecule has 0 unspecified atom stereocenters. The molecule has 2 nitrogen and oxygen atoms in total. The first-order valence-corrected chi connectivity index (χ1v) is 5.23. The number of benzene rings is 1. The number of nitrogens with one attached hydrogen (secondary N) is 1. The maximum atomic E-state index is 8.65. The molecule has 1 aliphatic rings. The van der Waals surface area contributed by atoms with E-state index in [0.717, 1.165) is 34.3 Å². The van der Waals surface area contributed by atoms with E-state index < -0.39 is 0 Å². The van der Waals surface area contributed by atoms with Crippen molar-refractivity contribution in [3.8, 4) is 6.07 Å². The lowest BCUT2D eigenvalue weighted by Gasteiger charge is -2.20. The molecule has 1 aromatic carbocycles. The Morgan fingerprint density at radius 1 is 1.50 bits per heavy atom. The normalized spacial score (nSPS) is 17.0. The first kappa shape index (κ1) is 9.29. The van der Waals surface area contributed by atoms with Gasteiger partial charge >= 0.3 is 0 Å². The predicted octanol–water partition coefficient (Wildman–Crippen LogP) is 3.17. The third kappa shape index (κ3) is 1.66. The van der Waals surface area contributed by atoms with Gasteiger partial charge in [0.2, 0.25) is 0 Å². The highest BCUT2D eigenvalue weighted by Gasteiger charge is 2.13. The summed E-state index contributed by atoms with van der Waals surface area (Å²) in [7, 11) is 0. The van der Waals surface area contributed by atoms with E-state index in [-0.39, 0.29) is 0 Å². The summed E-state index contributed by atoms with van der Waals surface area (Å²) >= 11 is 3.43. The molecule has 0 fully saturated rings. The zero-order valence-corrected chi connectivity index (χ0v) is 9.13.